The molecular formula is C18H21NO2S. The van der Waals surface area contributed by atoms with Crippen LogP contribution in [0.25, 0.3) is 0 Å². The molecule has 0 aliphatic carbocycles. The molecule has 1 N–H and O–H groups in total. The van der Waals surface area contributed by atoms with Gasteiger partial charge in [0.25, 0.3) is 0 Å². The number of hydrogen-bond donors (Lipinski definition) is 1. The Labute approximate surface area is 136 Å². The second-order valence-electron chi connectivity index (χ2n) is 5.20. The van der Waals surface area contributed by atoms with Gasteiger partial charge in [0, 0.05) is 19.3 Å². The first-order chi connectivity index (χ1) is 10.7. The summed E-state index contributed by atoms with van der Waals surface area (Å²) in [5.74, 6) is 1.42. The van der Waals surface area contributed by atoms with Crippen molar-refractivity contribution in [3.05, 3.63) is 71.3 Å². The van der Waals surface area contributed by atoms with Crippen molar-refractivity contribution < 1.29 is 9.90 Å². The molecule has 0 aromatic heterocycles. The largest absolute Gasteiger partial charge is 0.392 e. The molecule has 2 rings (SSSR count). The third-order valence-corrected chi connectivity index (χ3v) is 4.38. The molecule has 0 bridgehead atoms. The van der Waals surface area contributed by atoms with Crippen molar-refractivity contribution in [2.24, 2.45) is 0 Å². The quantitative estimate of drug-likeness (QED) is 0.853. The molecule has 116 valence electrons. The zero-order valence-corrected chi connectivity index (χ0v) is 13.6. The Hall–Kier alpha value is -1.78. The lowest BCUT2D eigenvalue weighted by Gasteiger charge is -2.17. The van der Waals surface area contributed by atoms with Crippen molar-refractivity contribution in [2.45, 2.75) is 18.9 Å². The van der Waals surface area contributed by atoms with Crippen molar-refractivity contribution in [1.82, 2.24) is 4.90 Å². The second-order valence-corrected chi connectivity index (χ2v) is 6.19. The smallest absolute Gasteiger partial charge is 0.232 e. The van der Waals surface area contributed by atoms with Crippen LogP contribution in [0.3, 0.4) is 0 Å². The minimum Gasteiger partial charge on any atom is -0.392 e. The highest BCUT2D eigenvalue weighted by molar-refractivity contribution is 7.99. The predicted molar refractivity (Wildman–Crippen MR) is 91.4 cm³/mol. The van der Waals surface area contributed by atoms with Gasteiger partial charge in [0.2, 0.25) is 5.91 Å². The second kappa shape index (κ2) is 8.61. The van der Waals surface area contributed by atoms with Crippen molar-refractivity contribution in [1.29, 1.82) is 0 Å². The van der Waals surface area contributed by atoms with Gasteiger partial charge in [-0.15, -0.1) is 11.8 Å². The van der Waals surface area contributed by atoms with Gasteiger partial charge in [-0.1, -0.05) is 54.6 Å². The van der Waals surface area contributed by atoms with Crippen LogP contribution < -0.4 is 0 Å². The molecule has 3 nitrogen and oxygen atoms in total. The molecule has 0 spiro atoms. The fourth-order valence-electron chi connectivity index (χ4n) is 2.05. The van der Waals surface area contributed by atoms with E-state index in [9.17, 15) is 4.79 Å². The first-order valence-corrected chi connectivity index (χ1v) is 8.39. The van der Waals surface area contributed by atoms with E-state index in [1.165, 1.54) is 5.56 Å². The molecule has 0 aliphatic heterocycles. The molecule has 0 unspecified atom stereocenters. The first-order valence-electron chi connectivity index (χ1n) is 7.23. The molecule has 4 heteroatoms. The summed E-state index contributed by atoms with van der Waals surface area (Å²) in [6.45, 7) is 0.710. The SMILES string of the molecule is CN(Cc1ccccc1)C(=O)CSCc1ccc(CO)cc1. The monoisotopic (exact) mass is 315 g/mol. The zero-order chi connectivity index (χ0) is 15.8. The number of rotatable bonds is 7. The molecule has 0 atom stereocenters. The molecule has 22 heavy (non-hydrogen) atoms. The highest BCUT2D eigenvalue weighted by Crippen LogP contribution is 2.14. The Morgan fingerprint density at radius 3 is 2.27 bits per heavy atom. The number of carbonyl (C=O) groups excluding carboxylic acids is 1. The first kappa shape index (κ1) is 16.6. The molecule has 0 saturated carbocycles. The summed E-state index contributed by atoms with van der Waals surface area (Å²) in [4.78, 5) is 13.9. The van der Waals surface area contributed by atoms with E-state index in [2.05, 4.69) is 0 Å². The summed E-state index contributed by atoms with van der Waals surface area (Å²) in [6.07, 6.45) is 0. The third kappa shape index (κ3) is 5.20. The molecule has 0 heterocycles. The van der Waals surface area contributed by atoms with E-state index in [1.807, 2.05) is 61.6 Å². The third-order valence-electron chi connectivity index (χ3n) is 3.39. The van der Waals surface area contributed by atoms with E-state index < -0.39 is 0 Å². The number of benzene rings is 2. The van der Waals surface area contributed by atoms with Gasteiger partial charge in [-0.2, -0.15) is 0 Å². The average Bonchev–Trinajstić information content (AvgIpc) is 2.56. The lowest BCUT2D eigenvalue weighted by molar-refractivity contribution is -0.127. The van der Waals surface area contributed by atoms with E-state index in [0.717, 1.165) is 16.9 Å². The van der Waals surface area contributed by atoms with Crippen LogP contribution in [-0.4, -0.2) is 28.7 Å². The van der Waals surface area contributed by atoms with Crippen LogP contribution in [-0.2, 0) is 23.7 Å². The van der Waals surface area contributed by atoms with E-state index >= 15 is 0 Å². The predicted octanol–water partition coefficient (Wildman–Crippen LogP) is 3.07. The molecule has 0 fully saturated rings. The van der Waals surface area contributed by atoms with Gasteiger partial charge in [-0.05, 0) is 16.7 Å². The van der Waals surface area contributed by atoms with Crippen LogP contribution in [0, 0.1) is 0 Å². The van der Waals surface area contributed by atoms with Gasteiger partial charge >= 0.3 is 0 Å². The molecule has 0 aliphatic rings. The number of amides is 1. The fraction of sp³-hybridized carbons (Fsp3) is 0.278. The van der Waals surface area contributed by atoms with Crippen molar-refractivity contribution >= 4 is 17.7 Å². The Kier molecular flexibility index (Phi) is 6.49. The Morgan fingerprint density at radius 2 is 1.64 bits per heavy atom. The van der Waals surface area contributed by atoms with Crippen LogP contribution in [0.2, 0.25) is 0 Å². The number of aliphatic hydroxyl groups excluding tert-OH is 1. The molecule has 1 amide bonds. The highest BCUT2D eigenvalue weighted by atomic mass is 32.2. The number of thioether (sulfide) groups is 1. The average molecular weight is 315 g/mol. The molecule has 0 radical (unpaired) electrons. The van der Waals surface area contributed by atoms with Crippen molar-refractivity contribution in [3.63, 3.8) is 0 Å². The minimum absolute atomic E-state index is 0.0657. The summed E-state index contributed by atoms with van der Waals surface area (Å²) in [7, 11) is 1.84. The van der Waals surface area contributed by atoms with E-state index in [0.29, 0.717) is 12.3 Å². The topological polar surface area (TPSA) is 40.5 Å². The van der Waals surface area contributed by atoms with Gasteiger partial charge in [-0.3, -0.25) is 4.79 Å². The van der Waals surface area contributed by atoms with Crippen LogP contribution in [0.15, 0.2) is 54.6 Å². The lowest BCUT2D eigenvalue weighted by Crippen LogP contribution is -2.27. The van der Waals surface area contributed by atoms with Gasteiger partial charge in [-0.25, -0.2) is 0 Å². The summed E-state index contributed by atoms with van der Waals surface area (Å²) in [5.41, 5.74) is 3.22. The van der Waals surface area contributed by atoms with Gasteiger partial charge in [0.1, 0.15) is 0 Å². The van der Waals surface area contributed by atoms with Gasteiger partial charge < -0.3 is 10.0 Å². The van der Waals surface area contributed by atoms with Crippen LogP contribution in [0.5, 0.6) is 0 Å². The number of aliphatic hydroxyl groups is 1. The lowest BCUT2D eigenvalue weighted by atomic mass is 10.2. The summed E-state index contributed by atoms with van der Waals surface area (Å²) < 4.78 is 0. The maximum absolute atomic E-state index is 12.1. The van der Waals surface area contributed by atoms with E-state index in [-0.39, 0.29) is 12.5 Å². The van der Waals surface area contributed by atoms with Gasteiger partial charge in [0.05, 0.1) is 12.4 Å². The summed E-state index contributed by atoms with van der Waals surface area (Å²) >= 11 is 1.61. The van der Waals surface area contributed by atoms with Crippen LogP contribution >= 0.6 is 11.8 Å². The zero-order valence-electron chi connectivity index (χ0n) is 12.7. The molecular weight excluding hydrogens is 294 g/mol. The fourth-order valence-corrected chi connectivity index (χ4v) is 2.98. The molecule has 2 aromatic rings. The van der Waals surface area contributed by atoms with Crippen LogP contribution in [0.4, 0.5) is 0 Å². The van der Waals surface area contributed by atoms with Gasteiger partial charge in [0.15, 0.2) is 0 Å². The maximum atomic E-state index is 12.1. The Morgan fingerprint density at radius 1 is 1.00 bits per heavy atom. The highest BCUT2D eigenvalue weighted by Gasteiger charge is 2.09. The summed E-state index contributed by atoms with van der Waals surface area (Å²) in [6, 6.07) is 17.8. The van der Waals surface area contributed by atoms with Crippen molar-refractivity contribution in [2.75, 3.05) is 12.8 Å². The van der Waals surface area contributed by atoms with E-state index in [4.69, 9.17) is 5.11 Å². The number of nitrogens with zero attached hydrogens (tertiary/aromatic N) is 1. The molecule has 2 aromatic carbocycles. The maximum Gasteiger partial charge on any atom is 0.232 e. The van der Waals surface area contributed by atoms with E-state index in [1.54, 1.807) is 16.7 Å². The van der Waals surface area contributed by atoms with Crippen LogP contribution in [0.1, 0.15) is 16.7 Å². The van der Waals surface area contributed by atoms with Crippen molar-refractivity contribution in [3.8, 4) is 0 Å². The number of hydrogen-bond acceptors (Lipinski definition) is 3. The number of carbonyl (C=O) groups is 1. The summed E-state index contributed by atoms with van der Waals surface area (Å²) in [5, 5.41) is 9.00. The Bertz CT molecular complexity index is 584. The normalized spacial score (nSPS) is 10.5. The molecule has 0 saturated heterocycles. The minimum atomic E-state index is 0.0657. The Balaban J connectivity index is 1.74. The standard InChI is InChI=1S/C18H21NO2S/c1-19(11-15-5-3-2-4-6-15)18(21)14-22-13-17-9-7-16(12-20)8-10-17/h2-10,20H,11-14H2,1H3.